The number of carbonyl (C=O) groups is 2. The first-order valence-corrected chi connectivity index (χ1v) is 9.76. The fraction of sp³-hybridized carbons (Fsp3) is 0.455. The van der Waals surface area contributed by atoms with Gasteiger partial charge in [0.2, 0.25) is 5.91 Å². The Morgan fingerprint density at radius 3 is 2.71 bits per heavy atom. The van der Waals surface area contributed by atoms with Gasteiger partial charge in [-0.15, -0.1) is 0 Å². The number of piperidine rings is 1. The lowest BCUT2D eigenvalue weighted by Crippen LogP contribution is -2.40. The van der Waals surface area contributed by atoms with E-state index in [1.54, 1.807) is 19.1 Å². The van der Waals surface area contributed by atoms with Crippen molar-refractivity contribution in [3.63, 3.8) is 0 Å². The SMILES string of the molecule is Cc1cc(C(=O)N2CCCC(CCC(=O)Nc3ccc(F)cc3C)C2)c(C)o1. The Balaban J connectivity index is 1.52. The summed E-state index contributed by atoms with van der Waals surface area (Å²) < 4.78 is 18.7. The van der Waals surface area contributed by atoms with E-state index < -0.39 is 0 Å². The van der Waals surface area contributed by atoms with E-state index in [4.69, 9.17) is 4.42 Å². The molecule has 1 aromatic carbocycles. The average molecular weight is 386 g/mol. The lowest BCUT2D eigenvalue weighted by molar-refractivity contribution is -0.116. The molecule has 1 atom stereocenters. The molecule has 0 saturated carbocycles. The van der Waals surface area contributed by atoms with Gasteiger partial charge in [-0.2, -0.15) is 0 Å². The van der Waals surface area contributed by atoms with Crippen LogP contribution in [0.25, 0.3) is 0 Å². The minimum absolute atomic E-state index is 0.00504. The van der Waals surface area contributed by atoms with Crippen molar-refractivity contribution in [2.45, 2.75) is 46.5 Å². The molecule has 1 aliphatic rings. The molecule has 1 fully saturated rings. The van der Waals surface area contributed by atoms with E-state index in [-0.39, 0.29) is 17.6 Å². The minimum Gasteiger partial charge on any atom is -0.466 e. The number of likely N-dealkylation sites (tertiary alicyclic amines) is 1. The summed E-state index contributed by atoms with van der Waals surface area (Å²) in [5.41, 5.74) is 1.97. The summed E-state index contributed by atoms with van der Waals surface area (Å²) in [6.07, 6.45) is 3.05. The van der Waals surface area contributed by atoms with E-state index in [0.29, 0.717) is 41.5 Å². The molecule has 5 nitrogen and oxygen atoms in total. The third-order valence-corrected chi connectivity index (χ3v) is 5.32. The molecule has 150 valence electrons. The maximum Gasteiger partial charge on any atom is 0.257 e. The van der Waals surface area contributed by atoms with Crippen molar-refractivity contribution >= 4 is 17.5 Å². The highest BCUT2D eigenvalue weighted by Gasteiger charge is 2.27. The second-order valence-electron chi connectivity index (χ2n) is 7.63. The Bertz CT molecular complexity index is 875. The number of amides is 2. The zero-order valence-corrected chi connectivity index (χ0v) is 16.7. The van der Waals surface area contributed by atoms with Gasteiger partial charge < -0.3 is 14.6 Å². The van der Waals surface area contributed by atoms with Crippen LogP contribution in [0.5, 0.6) is 0 Å². The van der Waals surface area contributed by atoms with Crippen LogP contribution in [0.2, 0.25) is 0 Å². The van der Waals surface area contributed by atoms with E-state index in [9.17, 15) is 14.0 Å². The highest BCUT2D eigenvalue weighted by Crippen LogP contribution is 2.25. The van der Waals surface area contributed by atoms with E-state index in [1.807, 2.05) is 18.7 Å². The average Bonchev–Trinajstić information content (AvgIpc) is 3.00. The van der Waals surface area contributed by atoms with Crippen LogP contribution < -0.4 is 5.32 Å². The Morgan fingerprint density at radius 2 is 2.04 bits per heavy atom. The predicted octanol–water partition coefficient (Wildman–Crippen LogP) is 4.62. The van der Waals surface area contributed by atoms with Crippen LogP contribution in [0.15, 0.2) is 28.7 Å². The molecule has 0 radical (unpaired) electrons. The second-order valence-corrected chi connectivity index (χ2v) is 7.63. The van der Waals surface area contributed by atoms with Crippen LogP contribution in [0.3, 0.4) is 0 Å². The van der Waals surface area contributed by atoms with Crippen LogP contribution in [0.4, 0.5) is 10.1 Å². The van der Waals surface area contributed by atoms with Gasteiger partial charge in [0.05, 0.1) is 5.56 Å². The number of halogens is 1. The molecule has 0 spiro atoms. The maximum absolute atomic E-state index is 13.2. The van der Waals surface area contributed by atoms with E-state index in [2.05, 4.69) is 5.32 Å². The van der Waals surface area contributed by atoms with Gasteiger partial charge in [0.1, 0.15) is 17.3 Å². The fourth-order valence-electron chi connectivity index (χ4n) is 3.81. The van der Waals surface area contributed by atoms with Gasteiger partial charge in [0, 0.05) is 25.2 Å². The number of furan rings is 1. The summed E-state index contributed by atoms with van der Waals surface area (Å²) in [7, 11) is 0. The largest absolute Gasteiger partial charge is 0.466 e. The Hall–Kier alpha value is -2.63. The van der Waals surface area contributed by atoms with Crippen LogP contribution in [-0.4, -0.2) is 29.8 Å². The molecule has 28 heavy (non-hydrogen) atoms. The molecular formula is C22H27FN2O3. The van der Waals surface area contributed by atoms with Crippen molar-refractivity contribution in [2.75, 3.05) is 18.4 Å². The van der Waals surface area contributed by atoms with Crippen molar-refractivity contribution in [1.29, 1.82) is 0 Å². The zero-order valence-electron chi connectivity index (χ0n) is 16.7. The van der Waals surface area contributed by atoms with E-state index in [0.717, 1.165) is 31.6 Å². The summed E-state index contributed by atoms with van der Waals surface area (Å²) >= 11 is 0. The first-order valence-electron chi connectivity index (χ1n) is 9.76. The number of benzene rings is 1. The topological polar surface area (TPSA) is 62.6 Å². The Labute approximate surface area is 164 Å². The molecule has 1 aliphatic heterocycles. The van der Waals surface area contributed by atoms with Gasteiger partial charge in [0.15, 0.2) is 0 Å². The van der Waals surface area contributed by atoms with Gasteiger partial charge in [-0.25, -0.2) is 4.39 Å². The first-order chi connectivity index (χ1) is 13.3. The third kappa shape index (κ3) is 4.80. The summed E-state index contributed by atoms with van der Waals surface area (Å²) in [4.78, 5) is 26.9. The molecule has 3 rings (SSSR count). The number of anilines is 1. The number of hydrogen-bond acceptors (Lipinski definition) is 3. The zero-order chi connectivity index (χ0) is 20.3. The molecule has 2 heterocycles. The lowest BCUT2D eigenvalue weighted by Gasteiger charge is -2.32. The van der Waals surface area contributed by atoms with E-state index in [1.165, 1.54) is 12.1 Å². The van der Waals surface area contributed by atoms with Crippen molar-refractivity contribution in [3.05, 3.63) is 52.7 Å². The third-order valence-electron chi connectivity index (χ3n) is 5.32. The fourth-order valence-corrected chi connectivity index (χ4v) is 3.81. The molecule has 2 aromatic rings. The Kier molecular flexibility index (Phi) is 6.17. The van der Waals surface area contributed by atoms with Gasteiger partial charge >= 0.3 is 0 Å². The van der Waals surface area contributed by atoms with Crippen molar-refractivity contribution in [2.24, 2.45) is 5.92 Å². The predicted molar refractivity (Wildman–Crippen MR) is 106 cm³/mol. The van der Waals surface area contributed by atoms with Gasteiger partial charge in [0.25, 0.3) is 5.91 Å². The number of nitrogens with zero attached hydrogens (tertiary/aromatic N) is 1. The van der Waals surface area contributed by atoms with Gasteiger partial charge in [-0.1, -0.05) is 0 Å². The summed E-state index contributed by atoms with van der Waals surface area (Å²) in [5, 5.41) is 2.85. The number of aryl methyl sites for hydroxylation is 3. The standard InChI is InChI=1S/C22H27FN2O3/c1-14-11-18(23)7-8-20(14)24-21(26)9-6-17-5-4-10-25(13-17)22(27)19-12-15(2)28-16(19)3/h7-8,11-12,17H,4-6,9-10,13H2,1-3H3,(H,24,26). The maximum atomic E-state index is 13.2. The molecule has 1 aromatic heterocycles. The summed E-state index contributed by atoms with van der Waals surface area (Å²) in [6.45, 7) is 6.81. The second kappa shape index (κ2) is 8.59. The number of hydrogen-bond donors (Lipinski definition) is 1. The lowest BCUT2D eigenvalue weighted by atomic mass is 9.92. The van der Waals surface area contributed by atoms with Crippen LogP contribution >= 0.6 is 0 Å². The van der Waals surface area contributed by atoms with Crippen LogP contribution in [0, 0.1) is 32.5 Å². The van der Waals surface area contributed by atoms with Crippen molar-refractivity contribution in [3.8, 4) is 0 Å². The number of rotatable bonds is 5. The van der Waals surface area contributed by atoms with Gasteiger partial charge in [-0.3, -0.25) is 9.59 Å². The highest BCUT2D eigenvalue weighted by molar-refractivity contribution is 5.95. The normalized spacial score (nSPS) is 16.9. The smallest absolute Gasteiger partial charge is 0.257 e. The molecule has 2 amide bonds. The van der Waals surface area contributed by atoms with Crippen molar-refractivity contribution < 1.29 is 18.4 Å². The molecule has 0 aliphatic carbocycles. The highest BCUT2D eigenvalue weighted by atomic mass is 19.1. The molecule has 1 N–H and O–H groups in total. The van der Waals surface area contributed by atoms with Crippen LogP contribution in [-0.2, 0) is 4.79 Å². The molecule has 1 unspecified atom stereocenters. The summed E-state index contributed by atoms with van der Waals surface area (Å²) in [6, 6.07) is 6.12. The van der Waals surface area contributed by atoms with Gasteiger partial charge in [-0.05, 0) is 75.8 Å². The van der Waals surface area contributed by atoms with Crippen molar-refractivity contribution in [1.82, 2.24) is 4.90 Å². The monoisotopic (exact) mass is 386 g/mol. The minimum atomic E-state index is -0.314. The molecule has 1 saturated heterocycles. The number of carbonyl (C=O) groups excluding carboxylic acids is 2. The number of nitrogens with one attached hydrogen (secondary N) is 1. The molecular weight excluding hydrogens is 359 g/mol. The molecule has 0 bridgehead atoms. The van der Waals surface area contributed by atoms with E-state index >= 15 is 0 Å². The van der Waals surface area contributed by atoms with Crippen LogP contribution in [0.1, 0.15) is 53.1 Å². The Morgan fingerprint density at radius 1 is 1.25 bits per heavy atom. The molecule has 6 heteroatoms. The quantitative estimate of drug-likeness (QED) is 0.816. The summed E-state index contributed by atoms with van der Waals surface area (Å²) in [5.74, 6) is 1.29. The first kappa shape index (κ1) is 20.1.